The molecule has 0 N–H and O–H groups in total. The third-order valence-electron chi connectivity index (χ3n) is 3.00. The molecule has 0 aromatic heterocycles. The van der Waals surface area contributed by atoms with Gasteiger partial charge < -0.3 is 18.9 Å². The van der Waals surface area contributed by atoms with Gasteiger partial charge >= 0.3 is 5.97 Å². The third-order valence-corrected chi connectivity index (χ3v) is 3.49. The Labute approximate surface area is 143 Å². The van der Waals surface area contributed by atoms with Gasteiger partial charge in [0, 0.05) is 4.47 Å². The van der Waals surface area contributed by atoms with E-state index in [1.807, 2.05) is 24.3 Å². The largest absolute Gasteiger partial charge is 0.493 e. The highest BCUT2D eigenvalue weighted by atomic mass is 79.9. The minimum Gasteiger partial charge on any atom is -0.493 e. The molecule has 6 heteroatoms. The smallest absolute Gasteiger partial charge is 0.338 e. The van der Waals surface area contributed by atoms with Crippen LogP contribution in [0, 0.1) is 0 Å². The number of carbonyl (C=O) groups is 1. The Kier molecular flexibility index (Phi) is 6.29. The van der Waals surface area contributed by atoms with E-state index in [-0.39, 0.29) is 13.2 Å². The first kappa shape index (κ1) is 17.1. The normalized spacial score (nSPS) is 10.0. The molecule has 0 unspecified atom stereocenters. The van der Waals surface area contributed by atoms with Gasteiger partial charge in [-0.25, -0.2) is 4.79 Å². The summed E-state index contributed by atoms with van der Waals surface area (Å²) in [7, 11) is 3.05. The van der Waals surface area contributed by atoms with E-state index in [0.717, 1.165) is 4.47 Å². The Bertz CT molecular complexity index is 672. The molecular formula is C17H17BrO5. The fourth-order valence-electron chi connectivity index (χ4n) is 1.90. The van der Waals surface area contributed by atoms with Gasteiger partial charge in [-0.2, -0.15) is 0 Å². The number of benzene rings is 2. The van der Waals surface area contributed by atoms with Crippen molar-refractivity contribution in [2.75, 3.05) is 27.4 Å². The molecule has 2 aromatic rings. The maximum atomic E-state index is 12.0. The first-order valence-corrected chi connectivity index (χ1v) is 7.71. The molecule has 0 amide bonds. The van der Waals surface area contributed by atoms with E-state index in [4.69, 9.17) is 18.9 Å². The highest BCUT2D eigenvalue weighted by Gasteiger charge is 2.11. The minimum atomic E-state index is -0.441. The van der Waals surface area contributed by atoms with Crippen LogP contribution < -0.4 is 14.2 Å². The second kappa shape index (κ2) is 8.43. The summed E-state index contributed by atoms with van der Waals surface area (Å²) in [5.41, 5.74) is 0.394. The summed E-state index contributed by atoms with van der Waals surface area (Å²) in [4.78, 5) is 12.0. The fraction of sp³-hybridized carbons (Fsp3) is 0.235. The summed E-state index contributed by atoms with van der Waals surface area (Å²) in [6.07, 6.45) is 0. The zero-order valence-corrected chi connectivity index (χ0v) is 14.5. The van der Waals surface area contributed by atoms with Gasteiger partial charge in [0.2, 0.25) is 0 Å². The van der Waals surface area contributed by atoms with Gasteiger partial charge in [0.25, 0.3) is 0 Å². The molecule has 0 heterocycles. The van der Waals surface area contributed by atoms with E-state index in [9.17, 15) is 4.79 Å². The number of hydrogen-bond acceptors (Lipinski definition) is 5. The zero-order valence-electron chi connectivity index (χ0n) is 12.9. The molecule has 5 nitrogen and oxygen atoms in total. The van der Waals surface area contributed by atoms with Crippen LogP contribution in [0.3, 0.4) is 0 Å². The van der Waals surface area contributed by atoms with E-state index in [0.29, 0.717) is 22.8 Å². The fourth-order valence-corrected chi connectivity index (χ4v) is 2.28. The van der Waals surface area contributed by atoms with E-state index >= 15 is 0 Å². The molecular weight excluding hydrogens is 364 g/mol. The van der Waals surface area contributed by atoms with Crippen LogP contribution in [0.4, 0.5) is 0 Å². The molecule has 0 aliphatic heterocycles. The maximum Gasteiger partial charge on any atom is 0.338 e. The van der Waals surface area contributed by atoms with Gasteiger partial charge in [0.15, 0.2) is 11.5 Å². The Morgan fingerprint density at radius 2 is 1.78 bits per heavy atom. The van der Waals surface area contributed by atoms with E-state index < -0.39 is 5.97 Å². The van der Waals surface area contributed by atoms with Crippen LogP contribution >= 0.6 is 15.9 Å². The minimum absolute atomic E-state index is 0.152. The molecule has 2 aromatic carbocycles. The van der Waals surface area contributed by atoms with Crippen molar-refractivity contribution in [2.45, 2.75) is 0 Å². The molecule has 0 radical (unpaired) electrons. The highest BCUT2D eigenvalue weighted by Crippen LogP contribution is 2.27. The SMILES string of the molecule is COc1ccc(C(=O)OCCOc2cccc(Br)c2)cc1OC. The predicted octanol–water partition coefficient (Wildman–Crippen LogP) is 3.70. The molecule has 0 aliphatic carbocycles. The van der Waals surface area contributed by atoms with Gasteiger partial charge in [0.1, 0.15) is 19.0 Å². The number of rotatable bonds is 7. The molecule has 0 fully saturated rings. The second-order valence-corrected chi connectivity index (χ2v) is 5.43. The van der Waals surface area contributed by atoms with Crippen LogP contribution in [0.15, 0.2) is 46.9 Å². The topological polar surface area (TPSA) is 54.0 Å². The van der Waals surface area contributed by atoms with Crippen molar-refractivity contribution in [3.05, 3.63) is 52.5 Å². The van der Waals surface area contributed by atoms with Gasteiger partial charge in [-0.3, -0.25) is 0 Å². The summed E-state index contributed by atoms with van der Waals surface area (Å²) in [5, 5.41) is 0. The summed E-state index contributed by atoms with van der Waals surface area (Å²) in [6.45, 7) is 0.426. The quantitative estimate of drug-likeness (QED) is 0.541. The molecule has 122 valence electrons. The Hall–Kier alpha value is -2.21. The first-order valence-electron chi connectivity index (χ1n) is 6.91. The van der Waals surface area contributed by atoms with Crippen molar-refractivity contribution >= 4 is 21.9 Å². The van der Waals surface area contributed by atoms with Crippen molar-refractivity contribution in [3.8, 4) is 17.2 Å². The van der Waals surface area contributed by atoms with Crippen molar-refractivity contribution in [1.82, 2.24) is 0 Å². The van der Waals surface area contributed by atoms with Gasteiger partial charge in [0.05, 0.1) is 19.8 Å². The van der Waals surface area contributed by atoms with Gasteiger partial charge in [-0.15, -0.1) is 0 Å². The molecule has 0 saturated heterocycles. The van der Waals surface area contributed by atoms with Crippen LogP contribution in [-0.2, 0) is 4.74 Å². The number of ether oxygens (including phenoxy) is 4. The van der Waals surface area contributed by atoms with Gasteiger partial charge in [-0.05, 0) is 36.4 Å². The van der Waals surface area contributed by atoms with Crippen LogP contribution in [0.25, 0.3) is 0 Å². The predicted molar refractivity (Wildman–Crippen MR) is 89.5 cm³/mol. The molecule has 0 spiro atoms. The summed E-state index contributed by atoms with van der Waals surface area (Å²) in [5.74, 6) is 1.31. The molecule has 0 atom stereocenters. The van der Waals surface area contributed by atoms with Crippen LogP contribution in [-0.4, -0.2) is 33.4 Å². The standard InChI is InChI=1S/C17H17BrO5/c1-20-15-7-6-12(10-16(15)21-2)17(19)23-9-8-22-14-5-3-4-13(18)11-14/h3-7,10-11H,8-9H2,1-2H3. The Morgan fingerprint density at radius 1 is 1.00 bits per heavy atom. The highest BCUT2D eigenvalue weighted by molar-refractivity contribution is 9.10. The number of methoxy groups -OCH3 is 2. The number of carbonyl (C=O) groups excluding carboxylic acids is 1. The lowest BCUT2D eigenvalue weighted by molar-refractivity contribution is 0.0450. The second-order valence-electron chi connectivity index (χ2n) is 4.51. The van der Waals surface area contributed by atoms with Gasteiger partial charge in [-0.1, -0.05) is 22.0 Å². The average molecular weight is 381 g/mol. The van der Waals surface area contributed by atoms with Crippen molar-refractivity contribution in [3.63, 3.8) is 0 Å². The average Bonchev–Trinajstić information content (AvgIpc) is 2.58. The van der Waals surface area contributed by atoms with E-state index in [1.54, 1.807) is 18.2 Å². The van der Waals surface area contributed by atoms with Crippen molar-refractivity contribution in [2.24, 2.45) is 0 Å². The third kappa shape index (κ3) is 4.89. The van der Waals surface area contributed by atoms with Crippen LogP contribution in [0.5, 0.6) is 17.2 Å². The molecule has 23 heavy (non-hydrogen) atoms. The zero-order chi connectivity index (χ0) is 16.7. The first-order chi connectivity index (χ1) is 11.1. The molecule has 0 saturated carbocycles. The maximum absolute atomic E-state index is 12.0. The molecule has 0 aliphatic rings. The van der Waals surface area contributed by atoms with E-state index in [2.05, 4.69) is 15.9 Å². The lowest BCUT2D eigenvalue weighted by Gasteiger charge is -2.10. The number of esters is 1. The summed E-state index contributed by atoms with van der Waals surface area (Å²) < 4.78 is 21.9. The van der Waals surface area contributed by atoms with Crippen LogP contribution in [0.2, 0.25) is 0 Å². The van der Waals surface area contributed by atoms with E-state index in [1.165, 1.54) is 14.2 Å². The van der Waals surface area contributed by atoms with Crippen LogP contribution in [0.1, 0.15) is 10.4 Å². The monoisotopic (exact) mass is 380 g/mol. The number of hydrogen-bond donors (Lipinski definition) is 0. The lowest BCUT2D eigenvalue weighted by atomic mass is 10.2. The Morgan fingerprint density at radius 3 is 2.48 bits per heavy atom. The lowest BCUT2D eigenvalue weighted by Crippen LogP contribution is -2.12. The Balaban J connectivity index is 1.85. The molecule has 0 bridgehead atoms. The summed E-state index contributed by atoms with van der Waals surface area (Å²) in [6, 6.07) is 12.3. The van der Waals surface area contributed by atoms with Crippen molar-refractivity contribution in [1.29, 1.82) is 0 Å². The van der Waals surface area contributed by atoms with Crippen molar-refractivity contribution < 1.29 is 23.7 Å². The number of halogens is 1. The summed E-state index contributed by atoms with van der Waals surface area (Å²) >= 11 is 3.36. The molecule has 2 rings (SSSR count).